The second-order valence-electron chi connectivity index (χ2n) is 5.40. The standard InChI is InChI=1S/C19H18FNO3/c20-16-5-1-14(2-6-16)4-8-19(22)21-10-9-15-3-7-17-18(13-15)24-12-11-23-17/h1-8,13H,9-12H2,(H,21,22)/b8-4+. The van der Waals surface area contributed by atoms with Crippen LogP contribution < -0.4 is 14.8 Å². The predicted octanol–water partition coefficient (Wildman–Crippen LogP) is 2.97. The van der Waals surface area contributed by atoms with Gasteiger partial charge in [-0.2, -0.15) is 0 Å². The Morgan fingerprint density at radius 3 is 2.62 bits per heavy atom. The number of fused-ring (bicyclic) bond motifs is 1. The highest BCUT2D eigenvalue weighted by Gasteiger charge is 2.11. The van der Waals surface area contributed by atoms with Gasteiger partial charge in [0.1, 0.15) is 19.0 Å². The van der Waals surface area contributed by atoms with E-state index in [0.717, 1.165) is 22.6 Å². The van der Waals surface area contributed by atoms with Crippen molar-refractivity contribution in [3.8, 4) is 11.5 Å². The Labute approximate surface area is 139 Å². The van der Waals surface area contributed by atoms with E-state index in [1.807, 2.05) is 18.2 Å². The van der Waals surface area contributed by atoms with Gasteiger partial charge in [0, 0.05) is 12.6 Å². The molecule has 1 heterocycles. The lowest BCUT2D eigenvalue weighted by Gasteiger charge is -2.18. The number of benzene rings is 2. The van der Waals surface area contributed by atoms with E-state index < -0.39 is 0 Å². The van der Waals surface area contributed by atoms with Gasteiger partial charge in [0.05, 0.1) is 0 Å². The van der Waals surface area contributed by atoms with E-state index in [-0.39, 0.29) is 11.7 Å². The van der Waals surface area contributed by atoms with Gasteiger partial charge in [0.25, 0.3) is 0 Å². The van der Waals surface area contributed by atoms with Gasteiger partial charge in [-0.3, -0.25) is 4.79 Å². The van der Waals surface area contributed by atoms with E-state index in [0.29, 0.717) is 26.2 Å². The summed E-state index contributed by atoms with van der Waals surface area (Å²) in [5.41, 5.74) is 1.85. The molecule has 0 fully saturated rings. The van der Waals surface area contributed by atoms with Crippen LogP contribution in [0.25, 0.3) is 6.08 Å². The molecule has 0 bridgehead atoms. The number of hydrogen-bond acceptors (Lipinski definition) is 3. The summed E-state index contributed by atoms with van der Waals surface area (Å²) in [7, 11) is 0. The SMILES string of the molecule is O=C(/C=C/c1ccc(F)cc1)NCCc1ccc2c(c1)OCCO2. The van der Waals surface area contributed by atoms with Crippen molar-refractivity contribution in [1.29, 1.82) is 0 Å². The van der Waals surface area contributed by atoms with Gasteiger partial charge in [-0.05, 0) is 47.9 Å². The van der Waals surface area contributed by atoms with Crippen LogP contribution in [-0.2, 0) is 11.2 Å². The zero-order chi connectivity index (χ0) is 16.8. The van der Waals surface area contributed by atoms with Crippen LogP contribution in [0.4, 0.5) is 4.39 Å². The molecule has 24 heavy (non-hydrogen) atoms. The van der Waals surface area contributed by atoms with Crippen LogP contribution in [0.15, 0.2) is 48.5 Å². The highest BCUT2D eigenvalue weighted by molar-refractivity contribution is 5.91. The zero-order valence-electron chi connectivity index (χ0n) is 13.1. The third-order valence-corrected chi connectivity index (χ3v) is 3.62. The fourth-order valence-corrected chi connectivity index (χ4v) is 2.38. The van der Waals surface area contributed by atoms with Crippen molar-refractivity contribution in [3.63, 3.8) is 0 Å². The summed E-state index contributed by atoms with van der Waals surface area (Å²) in [6.45, 7) is 1.65. The lowest BCUT2D eigenvalue weighted by atomic mass is 10.1. The molecule has 0 radical (unpaired) electrons. The topological polar surface area (TPSA) is 47.6 Å². The summed E-state index contributed by atoms with van der Waals surface area (Å²) in [6, 6.07) is 11.8. The third-order valence-electron chi connectivity index (χ3n) is 3.62. The molecular formula is C19H18FNO3. The minimum absolute atomic E-state index is 0.183. The van der Waals surface area contributed by atoms with E-state index in [9.17, 15) is 9.18 Å². The van der Waals surface area contributed by atoms with Crippen molar-refractivity contribution in [2.24, 2.45) is 0 Å². The number of nitrogens with one attached hydrogen (secondary N) is 1. The molecule has 1 aliphatic rings. The van der Waals surface area contributed by atoms with Crippen LogP contribution in [0.1, 0.15) is 11.1 Å². The van der Waals surface area contributed by atoms with Crippen molar-refractivity contribution in [2.45, 2.75) is 6.42 Å². The van der Waals surface area contributed by atoms with Crippen molar-refractivity contribution < 1.29 is 18.7 Å². The molecule has 3 rings (SSSR count). The first-order chi connectivity index (χ1) is 11.7. The summed E-state index contributed by atoms with van der Waals surface area (Å²) in [6.07, 6.45) is 3.79. The zero-order valence-corrected chi connectivity index (χ0v) is 13.1. The third kappa shape index (κ3) is 4.35. The Bertz CT molecular complexity index is 741. The van der Waals surface area contributed by atoms with E-state index in [2.05, 4.69) is 5.32 Å². The van der Waals surface area contributed by atoms with Crippen LogP contribution >= 0.6 is 0 Å². The van der Waals surface area contributed by atoms with Gasteiger partial charge in [-0.25, -0.2) is 4.39 Å². The normalized spacial score (nSPS) is 13.0. The predicted molar refractivity (Wildman–Crippen MR) is 89.6 cm³/mol. The van der Waals surface area contributed by atoms with Gasteiger partial charge in [-0.1, -0.05) is 18.2 Å². The van der Waals surface area contributed by atoms with Crippen LogP contribution in [0.2, 0.25) is 0 Å². The number of rotatable bonds is 5. The molecule has 5 heteroatoms. The molecule has 2 aromatic rings. The molecule has 124 valence electrons. The number of hydrogen-bond donors (Lipinski definition) is 1. The first kappa shape index (κ1) is 16.1. The van der Waals surface area contributed by atoms with Crippen LogP contribution in [-0.4, -0.2) is 25.7 Å². The average molecular weight is 327 g/mol. The van der Waals surface area contributed by atoms with Crippen LogP contribution in [0.3, 0.4) is 0 Å². The molecule has 2 aromatic carbocycles. The van der Waals surface area contributed by atoms with Gasteiger partial charge < -0.3 is 14.8 Å². The van der Waals surface area contributed by atoms with Crippen molar-refractivity contribution in [2.75, 3.05) is 19.8 Å². The van der Waals surface area contributed by atoms with E-state index >= 15 is 0 Å². The summed E-state index contributed by atoms with van der Waals surface area (Å²) in [5.74, 6) is 1.03. The first-order valence-electron chi connectivity index (χ1n) is 7.81. The van der Waals surface area contributed by atoms with E-state index in [1.54, 1.807) is 18.2 Å². The molecule has 0 saturated heterocycles. The molecule has 1 amide bonds. The van der Waals surface area contributed by atoms with Gasteiger partial charge in [0.15, 0.2) is 11.5 Å². The molecule has 1 aliphatic heterocycles. The maximum Gasteiger partial charge on any atom is 0.244 e. The Hall–Kier alpha value is -2.82. The Morgan fingerprint density at radius 1 is 1.08 bits per heavy atom. The lowest BCUT2D eigenvalue weighted by molar-refractivity contribution is -0.116. The smallest absolute Gasteiger partial charge is 0.244 e. The molecule has 0 unspecified atom stereocenters. The highest BCUT2D eigenvalue weighted by atomic mass is 19.1. The number of amides is 1. The fourth-order valence-electron chi connectivity index (χ4n) is 2.38. The number of ether oxygens (including phenoxy) is 2. The van der Waals surface area contributed by atoms with E-state index in [4.69, 9.17) is 9.47 Å². The summed E-state index contributed by atoms with van der Waals surface area (Å²) >= 11 is 0. The largest absolute Gasteiger partial charge is 0.486 e. The number of carbonyl (C=O) groups excluding carboxylic acids is 1. The molecule has 1 N–H and O–H groups in total. The maximum absolute atomic E-state index is 12.8. The second kappa shape index (κ2) is 7.64. The highest BCUT2D eigenvalue weighted by Crippen LogP contribution is 2.30. The molecule has 0 spiro atoms. The molecular weight excluding hydrogens is 309 g/mol. The van der Waals surface area contributed by atoms with Crippen molar-refractivity contribution >= 4 is 12.0 Å². The number of halogens is 1. The molecule has 0 atom stereocenters. The fraction of sp³-hybridized carbons (Fsp3) is 0.211. The molecule has 4 nitrogen and oxygen atoms in total. The number of carbonyl (C=O) groups is 1. The van der Waals surface area contributed by atoms with Crippen molar-refractivity contribution in [1.82, 2.24) is 5.32 Å². The van der Waals surface area contributed by atoms with Gasteiger partial charge in [-0.15, -0.1) is 0 Å². The minimum atomic E-state index is -0.295. The Kier molecular flexibility index (Phi) is 5.11. The second-order valence-corrected chi connectivity index (χ2v) is 5.40. The van der Waals surface area contributed by atoms with Gasteiger partial charge in [0.2, 0.25) is 5.91 Å². The Balaban J connectivity index is 1.47. The maximum atomic E-state index is 12.8. The summed E-state index contributed by atoms with van der Waals surface area (Å²) in [4.78, 5) is 11.8. The molecule has 0 aromatic heterocycles. The summed E-state index contributed by atoms with van der Waals surface area (Å²) < 4.78 is 23.8. The molecule has 0 aliphatic carbocycles. The van der Waals surface area contributed by atoms with E-state index in [1.165, 1.54) is 18.2 Å². The minimum Gasteiger partial charge on any atom is -0.486 e. The van der Waals surface area contributed by atoms with Crippen molar-refractivity contribution in [3.05, 3.63) is 65.5 Å². The monoisotopic (exact) mass is 327 g/mol. The van der Waals surface area contributed by atoms with Crippen LogP contribution in [0.5, 0.6) is 11.5 Å². The lowest BCUT2D eigenvalue weighted by Crippen LogP contribution is -2.23. The van der Waals surface area contributed by atoms with Gasteiger partial charge >= 0.3 is 0 Å². The molecule has 0 saturated carbocycles. The average Bonchev–Trinajstić information content (AvgIpc) is 2.61. The quantitative estimate of drug-likeness (QED) is 0.859. The summed E-state index contributed by atoms with van der Waals surface area (Å²) in [5, 5.41) is 2.82. The van der Waals surface area contributed by atoms with Crippen LogP contribution in [0, 0.1) is 5.82 Å². The first-order valence-corrected chi connectivity index (χ1v) is 7.81. The Morgan fingerprint density at radius 2 is 1.83 bits per heavy atom.